The zero-order valence-corrected chi connectivity index (χ0v) is 21.4. The minimum Gasteiger partial charge on any atom is -0.497 e. The van der Waals surface area contributed by atoms with Crippen molar-refractivity contribution in [3.63, 3.8) is 0 Å². The Balaban J connectivity index is 1.21. The first-order chi connectivity index (χ1) is 19.0. The molecule has 0 saturated heterocycles. The van der Waals surface area contributed by atoms with Gasteiger partial charge >= 0.3 is 12.1 Å². The Hall–Kier alpha value is -4.98. The molecule has 0 radical (unpaired) electrons. The van der Waals surface area contributed by atoms with E-state index in [2.05, 4.69) is 28.8 Å². The van der Waals surface area contributed by atoms with Crippen LogP contribution in [-0.4, -0.2) is 46.9 Å². The van der Waals surface area contributed by atoms with Crippen LogP contribution in [0.15, 0.2) is 97.1 Å². The minimum absolute atomic E-state index is 0.0723. The Kier molecular flexibility index (Phi) is 7.63. The van der Waals surface area contributed by atoms with Crippen LogP contribution in [0.3, 0.4) is 0 Å². The highest BCUT2D eigenvalue weighted by Gasteiger charge is 2.20. The van der Waals surface area contributed by atoms with E-state index in [0.29, 0.717) is 30.4 Å². The second-order valence-corrected chi connectivity index (χ2v) is 8.97. The molecule has 1 N–H and O–H groups in total. The van der Waals surface area contributed by atoms with E-state index in [1.54, 1.807) is 24.3 Å². The Morgan fingerprint density at radius 2 is 1.33 bits per heavy atom. The fraction of sp³-hybridized carbons (Fsp3) is 0.161. The van der Waals surface area contributed by atoms with Crippen LogP contribution in [0.25, 0.3) is 21.8 Å². The lowest BCUT2D eigenvalue weighted by atomic mass is 10.2. The Bertz CT molecular complexity index is 1540. The number of amides is 1. The molecular formula is C31H28N2O6. The highest BCUT2D eigenvalue weighted by Crippen LogP contribution is 2.28. The van der Waals surface area contributed by atoms with Crippen molar-refractivity contribution in [3.8, 4) is 17.2 Å². The Morgan fingerprint density at radius 3 is 1.92 bits per heavy atom. The highest BCUT2D eigenvalue weighted by molar-refractivity contribution is 6.07. The van der Waals surface area contributed by atoms with Crippen LogP contribution in [-0.2, 0) is 17.9 Å². The van der Waals surface area contributed by atoms with Gasteiger partial charge < -0.3 is 23.9 Å². The number of ether oxygens (including phenoxy) is 3. The summed E-state index contributed by atoms with van der Waals surface area (Å²) in [7, 11) is 1.54. The van der Waals surface area contributed by atoms with E-state index in [0.717, 1.165) is 21.5 Å². The number of carbonyl (C=O) groups is 2. The maximum Gasteiger partial charge on any atom is 0.416 e. The van der Waals surface area contributed by atoms with Gasteiger partial charge in [-0.15, -0.1) is 0 Å². The van der Waals surface area contributed by atoms with Crippen LogP contribution >= 0.6 is 0 Å². The maximum atomic E-state index is 12.7. The molecule has 1 amide bonds. The number of hydrogen-bond acceptors (Lipinski definition) is 5. The van der Waals surface area contributed by atoms with Crippen molar-refractivity contribution >= 4 is 33.9 Å². The molecular weight excluding hydrogens is 496 g/mol. The topological polar surface area (TPSA) is 90.2 Å². The van der Waals surface area contributed by atoms with E-state index in [1.807, 2.05) is 48.5 Å². The number of carbonyl (C=O) groups excluding carboxylic acids is 1. The number of benzene rings is 4. The van der Waals surface area contributed by atoms with Gasteiger partial charge in [-0.3, -0.25) is 9.69 Å². The molecule has 0 unspecified atom stereocenters. The summed E-state index contributed by atoms with van der Waals surface area (Å²) < 4.78 is 18.7. The van der Waals surface area contributed by atoms with Crippen molar-refractivity contribution in [3.05, 3.63) is 103 Å². The molecule has 0 atom stereocenters. The van der Waals surface area contributed by atoms with Crippen LogP contribution in [0, 0.1) is 0 Å². The molecule has 0 aliphatic rings. The third-order valence-electron chi connectivity index (χ3n) is 6.41. The molecule has 1 aromatic heterocycles. The van der Waals surface area contributed by atoms with Gasteiger partial charge in [0, 0.05) is 28.4 Å². The molecule has 5 rings (SSSR count). The third-order valence-corrected chi connectivity index (χ3v) is 6.41. The third kappa shape index (κ3) is 5.96. The molecule has 0 saturated carbocycles. The number of aliphatic carboxylic acids is 1. The van der Waals surface area contributed by atoms with Crippen molar-refractivity contribution in [2.45, 2.75) is 13.1 Å². The van der Waals surface area contributed by atoms with Gasteiger partial charge in [-0.1, -0.05) is 48.5 Å². The number of methoxy groups -OCH3 is 1. The standard InChI is InChI=1S/C31H28N2O6/c1-37-23-14-16-25(17-15-23)39-31(36)32(21-30(34)35)20-22-10-12-24(13-11-22)38-19-18-33-28-8-4-2-6-26(28)27-7-3-5-9-29(27)33/h2-17H,18-21H2,1H3,(H,34,35). The molecule has 8 nitrogen and oxygen atoms in total. The van der Waals surface area contributed by atoms with Crippen LogP contribution in [0.2, 0.25) is 0 Å². The SMILES string of the molecule is COc1ccc(OC(=O)N(CC(=O)O)Cc2ccc(OCCn3c4ccccc4c4ccccc43)cc2)cc1. The van der Waals surface area contributed by atoms with Gasteiger partial charge in [0.15, 0.2) is 0 Å². The monoisotopic (exact) mass is 524 g/mol. The molecule has 0 aliphatic carbocycles. The number of para-hydroxylation sites is 2. The van der Waals surface area contributed by atoms with Gasteiger partial charge in [0.25, 0.3) is 0 Å². The molecule has 0 bridgehead atoms. The molecule has 8 heteroatoms. The van der Waals surface area contributed by atoms with Gasteiger partial charge in [-0.25, -0.2) is 4.79 Å². The molecule has 0 fully saturated rings. The average Bonchev–Trinajstić information content (AvgIpc) is 3.27. The average molecular weight is 525 g/mol. The summed E-state index contributed by atoms with van der Waals surface area (Å²) in [4.78, 5) is 25.2. The lowest BCUT2D eigenvalue weighted by molar-refractivity contribution is -0.138. The van der Waals surface area contributed by atoms with Gasteiger partial charge in [0.2, 0.25) is 0 Å². The summed E-state index contributed by atoms with van der Waals surface area (Å²) in [5.41, 5.74) is 3.08. The number of carboxylic acid groups (broad SMARTS) is 1. The second kappa shape index (κ2) is 11.6. The van der Waals surface area contributed by atoms with E-state index in [1.165, 1.54) is 17.9 Å². The van der Waals surface area contributed by atoms with Crippen LogP contribution in [0.1, 0.15) is 5.56 Å². The van der Waals surface area contributed by atoms with Crippen molar-refractivity contribution < 1.29 is 28.9 Å². The summed E-state index contributed by atoms with van der Waals surface area (Å²) in [5, 5.41) is 11.7. The number of carboxylic acids is 1. The van der Waals surface area contributed by atoms with Crippen LogP contribution < -0.4 is 14.2 Å². The number of hydrogen-bond donors (Lipinski definition) is 1. The fourth-order valence-corrected chi connectivity index (χ4v) is 4.57. The summed E-state index contributed by atoms with van der Waals surface area (Å²) in [5.74, 6) is 0.467. The molecule has 39 heavy (non-hydrogen) atoms. The van der Waals surface area contributed by atoms with E-state index < -0.39 is 18.6 Å². The number of rotatable bonds is 10. The lowest BCUT2D eigenvalue weighted by Crippen LogP contribution is -2.37. The number of nitrogens with zero attached hydrogens (tertiary/aromatic N) is 2. The van der Waals surface area contributed by atoms with Crippen molar-refractivity contribution in [1.82, 2.24) is 9.47 Å². The predicted octanol–water partition coefficient (Wildman–Crippen LogP) is 5.97. The Labute approximate surface area is 225 Å². The van der Waals surface area contributed by atoms with Gasteiger partial charge in [-0.05, 0) is 54.1 Å². The highest BCUT2D eigenvalue weighted by atomic mass is 16.6. The van der Waals surface area contributed by atoms with Crippen LogP contribution in [0.5, 0.6) is 17.2 Å². The molecule has 0 spiro atoms. The van der Waals surface area contributed by atoms with E-state index in [-0.39, 0.29) is 6.54 Å². The second-order valence-electron chi connectivity index (χ2n) is 8.97. The van der Waals surface area contributed by atoms with E-state index in [4.69, 9.17) is 14.2 Å². The van der Waals surface area contributed by atoms with E-state index >= 15 is 0 Å². The largest absolute Gasteiger partial charge is 0.497 e. The van der Waals surface area contributed by atoms with Gasteiger partial charge in [0.05, 0.1) is 13.7 Å². The van der Waals surface area contributed by atoms with Crippen molar-refractivity contribution in [2.75, 3.05) is 20.3 Å². The zero-order chi connectivity index (χ0) is 27.2. The van der Waals surface area contributed by atoms with Gasteiger partial charge in [0.1, 0.15) is 30.4 Å². The molecule has 4 aromatic carbocycles. The first-order valence-electron chi connectivity index (χ1n) is 12.5. The lowest BCUT2D eigenvalue weighted by Gasteiger charge is -2.20. The summed E-state index contributed by atoms with van der Waals surface area (Å²) in [6.07, 6.45) is -0.755. The zero-order valence-electron chi connectivity index (χ0n) is 21.4. The van der Waals surface area contributed by atoms with E-state index in [9.17, 15) is 14.7 Å². The van der Waals surface area contributed by atoms with Gasteiger partial charge in [-0.2, -0.15) is 0 Å². The number of fused-ring (bicyclic) bond motifs is 3. The Morgan fingerprint density at radius 1 is 0.769 bits per heavy atom. The molecule has 5 aromatic rings. The first kappa shape index (κ1) is 25.7. The normalized spacial score (nSPS) is 10.9. The summed E-state index contributed by atoms with van der Waals surface area (Å²) in [6.45, 7) is 0.732. The molecule has 1 heterocycles. The predicted molar refractivity (Wildman–Crippen MR) is 148 cm³/mol. The quantitative estimate of drug-likeness (QED) is 0.242. The molecule has 198 valence electrons. The fourth-order valence-electron chi connectivity index (χ4n) is 4.57. The van der Waals surface area contributed by atoms with Crippen molar-refractivity contribution in [2.24, 2.45) is 0 Å². The van der Waals surface area contributed by atoms with Crippen LogP contribution in [0.4, 0.5) is 4.79 Å². The molecule has 0 aliphatic heterocycles. The number of aromatic nitrogens is 1. The minimum atomic E-state index is -1.13. The summed E-state index contributed by atoms with van der Waals surface area (Å²) >= 11 is 0. The maximum absolute atomic E-state index is 12.7. The summed E-state index contributed by atoms with van der Waals surface area (Å²) in [6, 6.07) is 30.4. The first-order valence-corrected chi connectivity index (χ1v) is 12.5. The smallest absolute Gasteiger partial charge is 0.416 e. The van der Waals surface area contributed by atoms with Crippen molar-refractivity contribution in [1.29, 1.82) is 0 Å².